The number of nitrogens with one attached hydrogen (secondary N) is 1. The minimum Gasteiger partial charge on any atom is -0.484 e. The number of benzene rings is 1. The van der Waals surface area contributed by atoms with Crippen molar-refractivity contribution in [2.24, 2.45) is 0 Å². The Hall–Kier alpha value is -3.01. The lowest BCUT2D eigenvalue weighted by Gasteiger charge is -2.10. The maximum atomic E-state index is 12.3. The minimum absolute atomic E-state index is 0.00298. The number of aromatic nitrogens is 3. The summed E-state index contributed by atoms with van der Waals surface area (Å²) in [5.41, 5.74) is 0.444. The zero-order valence-corrected chi connectivity index (χ0v) is 13.8. The van der Waals surface area contributed by atoms with Crippen LogP contribution in [0.25, 0.3) is 10.8 Å². The molecular weight excluding hydrogens is 369 g/mol. The highest BCUT2D eigenvalue weighted by Crippen LogP contribution is 2.23. The first kappa shape index (κ1) is 17.8. The van der Waals surface area contributed by atoms with Crippen LogP contribution in [0.15, 0.2) is 48.1 Å². The molecule has 26 heavy (non-hydrogen) atoms. The number of hydrogen-bond acceptors (Lipinski definition) is 6. The third kappa shape index (κ3) is 4.76. The van der Waals surface area contributed by atoms with Crippen LogP contribution in [-0.4, -0.2) is 33.6 Å². The van der Waals surface area contributed by atoms with Crippen molar-refractivity contribution in [3.8, 4) is 16.6 Å². The number of anilines is 1. The summed E-state index contributed by atoms with van der Waals surface area (Å²) < 4.78 is 41.3. The third-order valence-electron chi connectivity index (χ3n) is 2.99. The molecule has 0 unspecified atom stereocenters. The van der Waals surface area contributed by atoms with Crippen molar-refractivity contribution in [1.82, 2.24) is 15.0 Å². The van der Waals surface area contributed by atoms with E-state index in [9.17, 15) is 18.0 Å². The second kappa shape index (κ2) is 7.48. The van der Waals surface area contributed by atoms with Crippen LogP contribution in [0.1, 0.15) is 10.5 Å². The Morgan fingerprint density at radius 3 is 2.69 bits per heavy atom. The molecule has 0 saturated carbocycles. The molecule has 10 heteroatoms. The Morgan fingerprint density at radius 2 is 1.96 bits per heavy atom. The van der Waals surface area contributed by atoms with Gasteiger partial charge >= 0.3 is 6.18 Å². The maximum Gasteiger partial charge on any atom is 0.422 e. The van der Waals surface area contributed by atoms with Crippen molar-refractivity contribution in [1.29, 1.82) is 0 Å². The number of ether oxygens (including phenoxy) is 1. The molecule has 6 nitrogen and oxygen atoms in total. The first-order valence-electron chi connectivity index (χ1n) is 7.24. The van der Waals surface area contributed by atoms with E-state index in [1.807, 2.05) is 0 Å². The van der Waals surface area contributed by atoms with Crippen LogP contribution in [0, 0.1) is 0 Å². The predicted molar refractivity (Wildman–Crippen MR) is 89.1 cm³/mol. The summed E-state index contributed by atoms with van der Waals surface area (Å²) >= 11 is 1.21. The fourth-order valence-corrected chi connectivity index (χ4v) is 2.66. The van der Waals surface area contributed by atoms with Crippen LogP contribution in [0.2, 0.25) is 0 Å². The van der Waals surface area contributed by atoms with Gasteiger partial charge in [0.05, 0.1) is 0 Å². The molecule has 0 saturated heterocycles. The van der Waals surface area contributed by atoms with Gasteiger partial charge in [0.25, 0.3) is 5.91 Å². The van der Waals surface area contributed by atoms with Crippen LogP contribution in [0.3, 0.4) is 0 Å². The van der Waals surface area contributed by atoms with Crippen LogP contribution in [0.5, 0.6) is 5.75 Å². The van der Waals surface area contributed by atoms with E-state index in [1.165, 1.54) is 35.6 Å². The SMILES string of the molecule is O=C(Nc1cccc(OCC(F)(F)F)c1)c1csc(-c2ncccn2)n1. The van der Waals surface area contributed by atoms with Crippen molar-refractivity contribution in [3.05, 3.63) is 53.8 Å². The second-order valence-corrected chi connectivity index (χ2v) is 5.85. The van der Waals surface area contributed by atoms with Crippen molar-refractivity contribution >= 4 is 22.9 Å². The molecule has 1 amide bonds. The molecule has 2 heterocycles. The molecule has 0 bridgehead atoms. The van der Waals surface area contributed by atoms with Gasteiger partial charge in [0.15, 0.2) is 17.4 Å². The smallest absolute Gasteiger partial charge is 0.422 e. The van der Waals surface area contributed by atoms with E-state index in [0.29, 0.717) is 16.5 Å². The molecule has 3 rings (SSSR count). The number of nitrogens with zero attached hydrogens (tertiary/aromatic N) is 3. The zero-order valence-electron chi connectivity index (χ0n) is 13.0. The van der Waals surface area contributed by atoms with E-state index in [0.717, 1.165) is 0 Å². The normalized spacial score (nSPS) is 11.2. The molecule has 0 atom stereocenters. The Morgan fingerprint density at radius 1 is 1.19 bits per heavy atom. The molecular formula is C16H11F3N4O2S. The van der Waals surface area contributed by atoms with E-state index in [4.69, 9.17) is 0 Å². The number of rotatable bonds is 5. The summed E-state index contributed by atoms with van der Waals surface area (Å²) in [7, 11) is 0. The molecule has 0 radical (unpaired) electrons. The highest BCUT2D eigenvalue weighted by atomic mass is 32.1. The van der Waals surface area contributed by atoms with Crippen LogP contribution >= 0.6 is 11.3 Å². The Balaban J connectivity index is 1.68. The number of thiazole rings is 1. The molecule has 1 N–H and O–H groups in total. The summed E-state index contributed by atoms with van der Waals surface area (Å²) in [6.45, 7) is -1.41. The number of carbonyl (C=O) groups excluding carboxylic acids is 1. The van der Waals surface area contributed by atoms with Crippen LogP contribution in [0.4, 0.5) is 18.9 Å². The molecule has 0 aliphatic carbocycles. The third-order valence-corrected chi connectivity index (χ3v) is 3.83. The lowest BCUT2D eigenvalue weighted by molar-refractivity contribution is -0.153. The summed E-state index contributed by atoms with van der Waals surface area (Å²) in [5.74, 6) is -0.104. The van der Waals surface area contributed by atoms with Gasteiger partial charge in [0.2, 0.25) is 0 Å². The maximum absolute atomic E-state index is 12.3. The van der Waals surface area contributed by atoms with E-state index in [1.54, 1.807) is 23.8 Å². The van der Waals surface area contributed by atoms with Gasteiger partial charge in [-0.2, -0.15) is 13.2 Å². The molecule has 2 aromatic heterocycles. The highest BCUT2D eigenvalue weighted by Gasteiger charge is 2.28. The molecule has 3 aromatic rings. The van der Waals surface area contributed by atoms with Gasteiger partial charge in [0.1, 0.15) is 11.4 Å². The summed E-state index contributed by atoms with van der Waals surface area (Å²) in [4.78, 5) is 24.5. The van der Waals surface area contributed by atoms with Gasteiger partial charge in [0, 0.05) is 29.5 Å². The molecule has 0 spiro atoms. The minimum atomic E-state index is -4.43. The zero-order chi connectivity index (χ0) is 18.6. The molecule has 0 aliphatic heterocycles. The van der Waals surface area contributed by atoms with Crippen LogP contribution in [-0.2, 0) is 0 Å². The van der Waals surface area contributed by atoms with E-state index >= 15 is 0 Å². The summed E-state index contributed by atoms with van der Waals surface area (Å²) in [6.07, 6.45) is -1.30. The van der Waals surface area contributed by atoms with Gasteiger partial charge < -0.3 is 10.1 Å². The number of amides is 1. The molecule has 134 valence electrons. The van der Waals surface area contributed by atoms with Gasteiger partial charge in [-0.1, -0.05) is 6.07 Å². The first-order valence-corrected chi connectivity index (χ1v) is 8.12. The van der Waals surface area contributed by atoms with E-state index in [2.05, 4.69) is 25.0 Å². The summed E-state index contributed by atoms with van der Waals surface area (Å²) in [5, 5.41) is 4.59. The number of hydrogen-bond donors (Lipinski definition) is 1. The predicted octanol–water partition coefficient (Wildman–Crippen LogP) is 3.79. The lowest BCUT2D eigenvalue weighted by atomic mass is 10.3. The van der Waals surface area contributed by atoms with Crippen molar-refractivity contribution < 1.29 is 22.7 Å². The standard InChI is InChI=1S/C16H11F3N4O2S/c17-16(18,19)9-25-11-4-1-3-10(7-11)22-14(24)12-8-26-15(23-12)13-20-5-2-6-21-13/h1-8H,9H2,(H,22,24). The van der Waals surface area contributed by atoms with Gasteiger partial charge in [-0.15, -0.1) is 11.3 Å². The van der Waals surface area contributed by atoms with Gasteiger partial charge in [-0.25, -0.2) is 15.0 Å². The van der Waals surface area contributed by atoms with Crippen molar-refractivity contribution in [2.75, 3.05) is 11.9 Å². The quantitative estimate of drug-likeness (QED) is 0.729. The summed E-state index contributed by atoms with van der Waals surface area (Å²) in [6, 6.07) is 7.35. The van der Waals surface area contributed by atoms with Crippen LogP contribution < -0.4 is 10.1 Å². The number of alkyl halides is 3. The molecule has 0 fully saturated rings. The average Bonchev–Trinajstić information content (AvgIpc) is 3.11. The molecule has 0 aliphatic rings. The monoisotopic (exact) mass is 380 g/mol. The molecule has 1 aromatic carbocycles. The number of carbonyl (C=O) groups is 1. The number of halogens is 3. The van der Waals surface area contributed by atoms with Crippen molar-refractivity contribution in [2.45, 2.75) is 6.18 Å². The average molecular weight is 380 g/mol. The van der Waals surface area contributed by atoms with E-state index < -0.39 is 18.7 Å². The highest BCUT2D eigenvalue weighted by molar-refractivity contribution is 7.13. The topological polar surface area (TPSA) is 77.0 Å². The first-order chi connectivity index (χ1) is 12.4. The lowest BCUT2D eigenvalue weighted by Crippen LogP contribution is -2.19. The second-order valence-electron chi connectivity index (χ2n) is 5.00. The Bertz CT molecular complexity index is 900. The fraction of sp³-hybridized carbons (Fsp3) is 0.125. The Labute approximate surface area is 149 Å². The van der Waals surface area contributed by atoms with Crippen molar-refractivity contribution in [3.63, 3.8) is 0 Å². The van der Waals surface area contributed by atoms with Gasteiger partial charge in [-0.3, -0.25) is 4.79 Å². The fourth-order valence-electron chi connectivity index (χ4n) is 1.91. The largest absolute Gasteiger partial charge is 0.484 e. The van der Waals surface area contributed by atoms with Gasteiger partial charge in [-0.05, 0) is 18.2 Å². The van der Waals surface area contributed by atoms with E-state index in [-0.39, 0.29) is 11.4 Å². The Kier molecular flexibility index (Phi) is 5.12.